The molecule has 1 aliphatic rings. The van der Waals surface area contributed by atoms with E-state index in [-0.39, 0.29) is 19.0 Å². The zero-order chi connectivity index (χ0) is 22.7. The molecule has 4 nitrogen and oxygen atoms in total. The first-order chi connectivity index (χ1) is 15.3. The Morgan fingerprint density at radius 1 is 1.16 bits per heavy atom. The predicted molar refractivity (Wildman–Crippen MR) is 118 cm³/mol. The van der Waals surface area contributed by atoms with Crippen molar-refractivity contribution in [1.29, 1.82) is 0 Å². The first kappa shape index (κ1) is 22.4. The van der Waals surface area contributed by atoms with E-state index >= 15 is 0 Å². The standard InChI is InChI=1S/C23H18ClF3N2O2S/c24-19-8-2-1-7-18(19)20-12-17(31-28-20)14-29(22(30)21-9-4-10-32-21)13-15-5-3-6-16(11-15)23(25,26)27/h1-11,17H,12-14H2. The van der Waals surface area contributed by atoms with Gasteiger partial charge in [0.25, 0.3) is 5.91 Å². The van der Waals surface area contributed by atoms with Crippen LogP contribution in [-0.2, 0) is 17.6 Å². The maximum Gasteiger partial charge on any atom is 0.416 e. The van der Waals surface area contributed by atoms with Crippen LogP contribution in [-0.4, -0.2) is 29.2 Å². The lowest BCUT2D eigenvalue weighted by molar-refractivity contribution is -0.137. The fourth-order valence-electron chi connectivity index (χ4n) is 3.47. The molecule has 0 radical (unpaired) electrons. The Labute approximate surface area is 191 Å². The maximum absolute atomic E-state index is 13.1. The van der Waals surface area contributed by atoms with Gasteiger partial charge in [-0.3, -0.25) is 4.79 Å². The van der Waals surface area contributed by atoms with E-state index in [1.807, 2.05) is 18.2 Å². The van der Waals surface area contributed by atoms with Crippen molar-refractivity contribution in [3.63, 3.8) is 0 Å². The number of hydrogen-bond donors (Lipinski definition) is 0. The molecule has 0 saturated carbocycles. The fraction of sp³-hybridized carbons (Fsp3) is 0.217. The molecule has 1 aliphatic heterocycles. The van der Waals surface area contributed by atoms with E-state index in [4.69, 9.17) is 16.4 Å². The number of carbonyl (C=O) groups is 1. The first-order valence-corrected chi connectivity index (χ1v) is 11.0. The molecule has 0 aliphatic carbocycles. The summed E-state index contributed by atoms with van der Waals surface area (Å²) in [6.45, 7) is 0.187. The van der Waals surface area contributed by atoms with Gasteiger partial charge in [-0.2, -0.15) is 13.2 Å². The number of alkyl halides is 3. The minimum absolute atomic E-state index is 0.0158. The van der Waals surface area contributed by atoms with Gasteiger partial charge in [-0.15, -0.1) is 11.3 Å². The van der Waals surface area contributed by atoms with Crippen molar-refractivity contribution in [2.75, 3.05) is 6.54 Å². The molecule has 9 heteroatoms. The third-order valence-corrected chi connectivity index (χ3v) is 6.18. The van der Waals surface area contributed by atoms with Crippen molar-refractivity contribution in [2.24, 2.45) is 5.16 Å². The minimum Gasteiger partial charge on any atom is -0.390 e. The van der Waals surface area contributed by atoms with Gasteiger partial charge in [0.15, 0.2) is 6.10 Å². The summed E-state index contributed by atoms with van der Waals surface area (Å²) in [5.41, 5.74) is 1.06. The highest BCUT2D eigenvalue weighted by atomic mass is 35.5. The second-order valence-corrected chi connectivity index (χ2v) is 8.67. The number of amides is 1. The second kappa shape index (κ2) is 9.34. The van der Waals surface area contributed by atoms with Crippen LogP contribution in [0.2, 0.25) is 5.02 Å². The van der Waals surface area contributed by atoms with Crippen molar-refractivity contribution in [3.8, 4) is 0 Å². The number of nitrogens with zero attached hydrogens (tertiary/aromatic N) is 2. The number of halogens is 4. The molecule has 2 aromatic carbocycles. The van der Waals surface area contributed by atoms with E-state index in [0.717, 1.165) is 17.7 Å². The van der Waals surface area contributed by atoms with Gasteiger partial charge in [0.2, 0.25) is 0 Å². The largest absolute Gasteiger partial charge is 0.416 e. The molecule has 1 unspecified atom stereocenters. The topological polar surface area (TPSA) is 41.9 Å². The molecule has 0 saturated heterocycles. The highest BCUT2D eigenvalue weighted by Gasteiger charge is 2.32. The molecule has 166 valence electrons. The zero-order valence-electron chi connectivity index (χ0n) is 16.7. The van der Waals surface area contributed by atoms with Crippen LogP contribution in [0.25, 0.3) is 0 Å². The quantitative estimate of drug-likeness (QED) is 0.420. The van der Waals surface area contributed by atoms with Crippen molar-refractivity contribution in [2.45, 2.75) is 25.2 Å². The van der Waals surface area contributed by atoms with Crippen LogP contribution in [0.5, 0.6) is 0 Å². The van der Waals surface area contributed by atoms with Gasteiger partial charge in [-0.25, -0.2) is 0 Å². The number of benzene rings is 2. The second-order valence-electron chi connectivity index (χ2n) is 7.31. The van der Waals surface area contributed by atoms with Crippen LogP contribution < -0.4 is 0 Å². The third kappa shape index (κ3) is 5.14. The lowest BCUT2D eigenvalue weighted by Crippen LogP contribution is -2.37. The smallest absolute Gasteiger partial charge is 0.390 e. The van der Waals surface area contributed by atoms with Gasteiger partial charge in [0.05, 0.1) is 22.7 Å². The number of hydrogen-bond acceptors (Lipinski definition) is 4. The normalized spacial score (nSPS) is 15.9. The van der Waals surface area contributed by atoms with Gasteiger partial charge in [-0.1, -0.05) is 53.2 Å². The molecule has 1 atom stereocenters. The van der Waals surface area contributed by atoms with E-state index < -0.39 is 17.8 Å². The van der Waals surface area contributed by atoms with Gasteiger partial charge in [0, 0.05) is 23.6 Å². The number of rotatable bonds is 6. The SMILES string of the molecule is O=C(c1cccs1)N(Cc1cccc(C(F)(F)F)c1)CC1CC(c2ccccc2Cl)=NO1. The van der Waals surface area contributed by atoms with Crippen molar-refractivity contribution >= 4 is 34.6 Å². The zero-order valence-corrected chi connectivity index (χ0v) is 18.3. The van der Waals surface area contributed by atoms with Crippen LogP contribution in [0.4, 0.5) is 13.2 Å². The summed E-state index contributed by atoms with van der Waals surface area (Å²) in [7, 11) is 0. The molecule has 0 fully saturated rings. The van der Waals surface area contributed by atoms with Crippen molar-refractivity contribution in [3.05, 3.63) is 92.6 Å². The highest BCUT2D eigenvalue weighted by molar-refractivity contribution is 7.12. The van der Waals surface area contributed by atoms with E-state index in [0.29, 0.717) is 27.6 Å². The number of thiophene rings is 1. The highest BCUT2D eigenvalue weighted by Crippen LogP contribution is 2.30. The van der Waals surface area contributed by atoms with E-state index in [1.54, 1.807) is 29.6 Å². The molecule has 0 spiro atoms. The summed E-state index contributed by atoms with van der Waals surface area (Å²) in [6, 6.07) is 15.7. The van der Waals surface area contributed by atoms with Gasteiger partial charge in [0.1, 0.15) is 0 Å². The summed E-state index contributed by atoms with van der Waals surface area (Å²) in [5.74, 6) is -0.271. The van der Waals surface area contributed by atoms with Gasteiger partial charge < -0.3 is 9.74 Å². The Bertz CT molecular complexity index is 1130. The van der Waals surface area contributed by atoms with Crippen LogP contribution in [0.1, 0.15) is 32.8 Å². The monoisotopic (exact) mass is 478 g/mol. The van der Waals surface area contributed by atoms with Crippen molar-refractivity contribution in [1.82, 2.24) is 4.90 Å². The molecule has 3 aromatic rings. The maximum atomic E-state index is 13.1. The van der Waals surface area contributed by atoms with Crippen molar-refractivity contribution < 1.29 is 22.8 Å². The molecule has 4 rings (SSSR count). The Morgan fingerprint density at radius 3 is 2.69 bits per heavy atom. The Balaban J connectivity index is 1.52. The molecule has 2 heterocycles. The van der Waals surface area contributed by atoms with Crippen LogP contribution in [0, 0.1) is 0 Å². The first-order valence-electron chi connectivity index (χ1n) is 9.78. The number of oxime groups is 1. The van der Waals surface area contributed by atoms with E-state index in [1.165, 1.54) is 22.3 Å². The lowest BCUT2D eigenvalue weighted by Gasteiger charge is -2.25. The summed E-state index contributed by atoms with van der Waals surface area (Å²) in [5, 5.41) is 6.45. The Hall–Kier alpha value is -2.84. The Morgan fingerprint density at radius 2 is 1.97 bits per heavy atom. The molecule has 1 amide bonds. The van der Waals surface area contributed by atoms with Crippen LogP contribution in [0.3, 0.4) is 0 Å². The fourth-order valence-corrected chi connectivity index (χ4v) is 4.40. The average Bonchev–Trinajstić information content (AvgIpc) is 3.45. The third-order valence-electron chi connectivity index (χ3n) is 4.99. The predicted octanol–water partition coefficient (Wildman–Crippen LogP) is 6.26. The lowest BCUT2D eigenvalue weighted by atomic mass is 10.0. The van der Waals surface area contributed by atoms with Gasteiger partial charge in [-0.05, 0) is 35.2 Å². The van der Waals surface area contributed by atoms with E-state index in [9.17, 15) is 18.0 Å². The summed E-state index contributed by atoms with van der Waals surface area (Å²) in [6.07, 6.45) is -4.46. The molecule has 0 bridgehead atoms. The summed E-state index contributed by atoms with van der Waals surface area (Å²) in [4.78, 5) is 20.6. The minimum atomic E-state index is -4.45. The molecule has 32 heavy (non-hydrogen) atoms. The molecular weight excluding hydrogens is 461 g/mol. The number of carbonyl (C=O) groups excluding carboxylic acids is 1. The Kier molecular flexibility index (Phi) is 6.53. The molecular formula is C23H18ClF3N2O2S. The van der Waals surface area contributed by atoms with Gasteiger partial charge >= 0.3 is 6.18 Å². The molecule has 0 N–H and O–H groups in total. The van der Waals surface area contributed by atoms with E-state index in [2.05, 4.69) is 5.16 Å². The van der Waals surface area contributed by atoms with Crippen LogP contribution in [0.15, 0.2) is 71.2 Å². The molecule has 1 aromatic heterocycles. The summed E-state index contributed by atoms with van der Waals surface area (Å²) < 4.78 is 39.4. The van der Waals surface area contributed by atoms with Crippen LogP contribution >= 0.6 is 22.9 Å². The summed E-state index contributed by atoms with van der Waals surface area (Å²) >= 11 is 7.52. The average molecular weight is 479 g/mol.